The molecule has 0 amide bonds. The maximum atomic E-state index is 3.89. The standard InChI is InChI=1S/C22H19NS.C15H16.C13H12.2C2H6/c1-2-16-7-3-4-8-17(16)13-14-23-18-11-12-20-19-9-5-6-10-21(19)24-22(20)15-18;1-11-8-9-13(3)15(10-11)14-7-5-4-6-12(14)2;1-11-7-9-13(10-8-11)12-5-3-2-4-6-12;2*1-2/h2-12,15,23H,1,13-14H2;4-10H,1-3H3;2-10H,1H3;2*1-2H3. The van der Waals surface area contributed by atoms with Crippen LogP contribution in [-0.2, 0) is 6.42 Å². The average molecular weight is 754 g/mol. The largest absolute Gasteiger partial charge is 0.385 e. The SMILES string of the molecule is C=Cc1ccccc1CCNc1ccc2c(c1)sc1ccccc12.CC.CC.Cc1ccc(-c2ccccc2)cc1.Cc1ccc(C)c(-c2ccccc2C)c1. The van der Waals surface area contributed by atoms with Crippen LogP contribution in [0.1, 0.15) is 61.1 Å². The first-order chi connectivity index (χ1) is 27.4. The van der Waals surface area contributed by atoms with Crippen molar-refractivity contribution in [2.24, 2.45) is 0 Å². The van der Waals surface area contributed by atoms with Crippen molar-refractivity contribution in [3.8, 4) is 22.3 Å². The lowest BCUT2D eigenvalue weighted by atomic mass is 9.95. The van der Waals surface area contributed by atoms with Gasteiger partial charge >= 0.3 is 0 Å². The molecule has 2 heteroatoms. The summed E-state index contributed by atoms with van der Waals surface area (Å²) in [7, 11) is 0. The molecule has 56 heavy (non-hydrogen) atoms. The van der Waals surface area contributed by atoms with Gasteiger partial charge in [-0.25, -0.2) is 0 Å². The number of fused-ring (bicyclic) bond motifs is 3. The fourth-order valence-corrected chi connectivity index (χ4v) is 7.56. The van der Waals surface area contributed by atoms with Crippen LogP contribution >= 0.6 is 11.3 Å². The molecule has 8 aromatic rings. The van der Waals surface area contributed by atoms with Gasteiger partial charge in [0.15, 0.2) is 0 Å². The molecule has 1 N–H and O–H groups in total. The summed E-state index contributed by atoms with van der Waals surface area (Å²) in [5, 5.41) is 6.25. The van der Waals surface area contributed by atoms with Crippen LogP contribution in [0.5, 0.6) is 0 Å². The van der Waals surface area contributed by atoms with Crippen LogP contribution in [0, 0.1) is 27.7 Å². The topological polar surface area (TPSA) is 12.0 Å². The van der Waals surface area contributed by atoms with Crippen molar-refractivity contribution in [2.75, 3.05) is 11.9 Å². The number of aryl methyl sites for hydroxylation is 4. The fraction of sp³-hybridized carbons (Fsp3) is 0.185. The van der Waals surface area contributed by atoms with Gasteiger partial charge in [-0.1, -0.05) is 197 Å². The molecule has 1 nitrogen and oxygen atoms in total. The molecule has 8 rings (SSSR count). The van der Waals surface area contributed by atoms with E-state index < -0.39 is 0 Å². The zero-order valence-electron chi connectivity index (χ0n) is 34.7. The van der Waals surface area contributed by atoms with E-state index in [1.54, 1.807) is 0 Å². The molecular weight excluding hydrogens is 695 g/mol. The van der Waals surface area contributed by atoms with Crippen molar-refractivity contribution in [1.29, 1.82) is 0 Å². The first-order valence-corrected chi connectivity index (χ1v) is 20.8. The van der Waals surface area contributed by atoms with E-state index in [1.165, 1.54) is 81.5 Å². The van der Waals surface area contributed by atoms with Crippen molar-refractivity contribution in [1.82, 2.24) is 0 Å². The lowest BCUT2D eigenvalue weighted by molar-refractivity contribution is 1.02. The van der Waals surface area contributed by atoms with Gasteiger partial charge in [0.2, 0.25) is 0 Å². The Morgan fingerprint density at radius 1 is 0.500 bits per heavy atom. The van der Waals surface area contributed by atoms with E-state index in [4.69, 9.17) is 0 Å². The molecule has 0 unspecified atom stereocenters. The lowest BCUT2D eigenvalue weighted by Crippen LogP contribution is -2.05. The van der Waals surface area contributed by atoms with Crippen LogP contribution in [0.3, 0.4) is 0 Å². The molecule has 0 aliphatic rings. The number of hydrogen-bond donors (Lipinski definition) is 1. The van der Waals surface area contributed by atoms with Crippen LogP contribution < -0.4 is 5.32 Å². The molecule has 1 aromatic heterocycles. The average Bonchev–Trinajstić information content (AvgIpc) is 3.63. The van der Waals surface area contributed by atoms with Crippen LogP contribution in [0.4, 0.5) is 5.69 Å². The minimum atomic E-state index is 0.918. The van der Waals surface area contributed by atoms with E-state index in [0.29, 0.717) is 0 Å². The number of hydrogen-bond acceptors (Lipinski definition) is 2. The molecule has 0 aliphatic carbocycles. The predicted octanol–water partition coefficient (Wildman–Crippen LogP) is 16.3. The van der Waals surface area contributed by atoms with E-state index in [9.17, 15) is 0 Å². The van der Waals surface area contributed by atoms with Gasteiger partial charge in [-0.2, -0.15) is 0 Å². The van der Waals surface area contributed by atoms with E-state index in [-0.39, 0.29) is 0 Å². The zero-order valence-corrected chi connectivity index (χ0v) is 35.5. The smallest absolute Gasteiger partial charge is 0.0375 e. The molecule has 0 saturated heterocycles. The monoisotopic (exact) mass is 753 g/mol. The normalized spacial score (nSPS) is 10.0. The van der Waals surface area contributed by atoms with Crippen molar-refractivity contribution >= 4 is 43.3 Å². The van der Waals surface area contributed by atoms with Crippen molar-refractivity contribution in [3.05, 3.63) is 204 Å². The van der Waals surface area contributed by atoms with Crippen LogP contribution in [0.25, 0.3) is 48.5 Å². The Hall–Kier alpha value is -5.70. The van der Waals surface area contributed by atoms with Gasteiger partial charge in [0.05, 0.1) is 0 Å². The van der Waals surface area contributed by atoms with Crippen LogP contribution in [0.15, 0.2) is 170 Å². The van der Waals surface area contributed by atoms with Crippen molar-refractivity contribution in [3.63, 3.8) is 0 Å². The van der Waals surface area contributed by atoms with Gasteiger partial charge in [-0.15, -0.1) is 11.3 Å². The van der Waals surface area contributed by atoms with E-state index in [0.717, 1.165) is 13.0 Å². The third kappa shape index (κ3) is 11.9. The fourth-order valence-electron chi connectivity index (χ4n) is 6.42. The van der Waals surface area contributed by atoms with Gasteiger partial charge in [-0.05, 0) is 96.8 Å². The van der Waals surface area contributed by atoms with Gasteiger partial charge in [0, 0.05) is 32.4 Å². The quantitative estimate of drug-likeness (QED) is 0.171. The Balaban J connectivity index is 0.000000188. The van der Waals surface area contributed by atoms with E-state index in [2.05, 4.69) is 197 Å². The molecule has 0 bridgehead atoms. The van der Waals surface area contributed by atoms with Gasteiger partial charge in [0.1, 0.15) is 0 Å². The molecule has 0 spiro atoms. The molecular formula is C54H59NS. The highest BCUT2D eigenvalue weighted by Crippen LogP contribution is 2.35. The maximum absolute atomic E-state index is 3.89. The highest BCUT2D eigenvalue weighted by molar-refractivity contribution is 7.25. The third-order valence-corrected chi connectivity index (χ3v) is 10.5. The van der Waals surface area contributed by atoms with E-state index in [1.807, 2.05) is 51.2 Å². The van der Waals surface area contributed by atoms with Gasteiger partial charge in [0.25, 0.3) is 0 Å². The molecule has 1 heterocycles. The minimum absolute atomic E-state index is 0.918. The number of anilines is 1. The summed E-state index contributed by atoms with van der Waals surface area (Å²) in [6.07, 6.45) is 2.92. The summed E-state index contributed by atoms with van der Waals surface area (Å²) < 4.78 is 2.69. The highest BCUT2D eigenvalue weighted by atomic mass is 32.1. The molecule has 0 radical (unpaired) electrons. The first kappa shape index (κ1) is 43.0. The summed E-state index contributed by atoms with van der Waals surface area (Å²) in [5.41, 5.74) is 14.3. The summed E-state index contributed by atoms with van der Waals surface area (Å²) in [5.74, 6) is 0. The number of nitrogens with one attached hydrogen (secondary N) is 1. The van der Waals surface area contributed by atoms with Gasteiger partial charge in [-0.3, -0.25) is 0 Å². The summed E-state index contributed by atoms with van der Waals surface area (Å²) in [4.78, 5) is 0. The van der Waals surface area contributed by atoms with E-state index >= 15 is 0 Å². The molecule has 0 saturated carbocycles. The zero-order chi connectivity index (χ0) is 40.3. The lowest BCUT2D eigenvalue weighted by Gasteiger charge is -2.09. The second-order valence-electron chi connectivity index (χ2n) is 13.3. The summed E-state index contributed by atoms with van der Waals surface area (Å²) >= 11 is 1.86. The Morgan fingerprint density at radius 3 is 1.82 bits per heavy atom. The number of benzene rings is 7. The Kier molecular flexibility index (Phi) is 17.4. The maximum Gasteiger partial charge on any atom is 0.0375 e. The molecule has 0 atom stereocenters. The Bertz CT molecular complexity index is 2380. The molecule has 286 valence electrons. The van der Waals surface area contributed by atoms with Crippen molar-refractivity contribution < 1.29 is 0 Å². The minimum Gasteiger partial charge on any atom is -0.385 e. The Labute approximate surface area is 341 Å². The second kappa shape index (κ2) is 22.6. The second-order valence-corrected chi connectivity index (χ2v) is 14.3. The van der Waals surface area contributed by atoms with Crippen LogP contribution in [0.2, 0.25) is 0 Å². The number of thiophene rings is 1. The summed E-state index contributed by atoms with van der Waals surface area (Å²) in [6.45, 7) is 21.4. The highest BCUT2D eigenvalue weighted by Gasteiger charge is 2.06. The first-order valence-electron chi connectivity index (χ1n) is 20.0. The van der Waals surface area contributed by atoms with Crippen LogP contribution in [-0.4, -0.2) is 6.54 Å². The number of rotatable bonds is 7. The predicted molar refractivity (Wildman–Crippen MR) is 253 cm³/mol. The van der Waals surface area contributed by atoms with Crippen molar-refractivity contribution in [2.45, 2.75) is 61.8 Å². The molecule has 7 aromatic carbocycles. The molecule has 0 aliphatic heterocycles. The third-order valence-electron chi connectivity index (χ3n) is 9.36. The van der Waals surface area contributed by atoms with Gasteiger partial charge < -0.3 is 5.32 Å². The molecule has 0 fully saturated rings. The summed E-state index contributed by atoms with van der Waals surface area (Å²) in [6, 6.07) is 57.9. The Morgan fingerprint density at radius 2 is 1.09 bits per heavy atom.